The zero-order valence-electron chi connectivity index (χ0n) is 12.2. The fourth-order valence-corrected chi connectivity index (χ4v) is 2.10. The SMILES string of the molecule is COc1ccccc1NC(=S)N/N=C/c1cc(C)[nH]c1C. The zero-order valence-corrected chi connectivity index (χ0v) is 13.0. The Morgan fingerprint density at radius 3 is 2.76 bits per heavy atom. The van der Waals surface area contributed by atoms with E-state index in [1.54, 1.807) is 13.3 Å². The molecule has 1 aromatic carbocycles. The van der Waals surface area contributed by atoms with Crippen LogP contribution in [0.2, 0.25) is 0 Å². The number of anilines is 1. The van der Waals surface area contributed by atoms with Crippen LogP contribution in [-0.2, 0) is 0 Å². The first-order valence-electron chi connectivity index (χ1n) is 6.49. The molecule has 1 heterocycles. The number of thiocarbonyl (C=S) groups is 1. The number of hydrogen-bond donors (Lipinski definition) is 3. The molecule has 0 spiro atoms. The van der Waals surface area contributed by atoms with Crippen molar-refractivity contribution in [3.8, 4) is 5.75 Å². The van der Waals surface area contributed by atoms with Gasteiger partial charge in [-0.05, 0) is 44.3 Å². The van der Waals surface area contributed by atoms with E-state index in [-0.39, 0.29) is 0 Å². The van der Waals surface area contributed by atoms with Gasteiger partial charge in [0, 0.05) is 17.0 Å². The fraction of sp³-hybridized carbons (Fsp3) is 0.200. The number of hydrogen-bond acceptors (Lipinski definition) is 3. The maximum Gasteiger partial charge on any atom is 0.191 e. The molecule has 3 N–H and O–H groups in total. The number of aromatic amines is 1. The van der Waals surface area contributed by atoms with Gasteiger partial charge in [-0.25, -0.2) is 0 Å². The summed E-state index contributed by atoms with van der Waals surface area (Å²) in [5.41, 5.74) is 6.78. The van der Waals surface area contributed by atoms with Gasteiger partial charge in [0.1, 0.15) is 5.75 Å². The average molecular weight is 302 g/mol. The summed E-state index contributed by atoms with van der Waals surface area (Å²) in [5, 5.41) is 7.57. The molecule has 2 rings (SSSR count). The topological polar surface area (TPSA) is 61.4 Å². The van der Waals surface area contributed by atoms with E-state index in [9.17, 15) is 0 Å². The second kappa shape index (κ2) is 6.90. The number of nitrogens with one attached hydrogen (secondary N) is 3. The Bertz CT molecular complexity index is 663. The number of aryl methyl sites for hydroxylation is 2. The summed E-state index contributed by atoms with van der Waals surface area (Å²) in [4.78, 5) is 3.22. The Balaban J connectivity index is 1.95. The molecule has 0 unspecified atom stereocenters. The molecule has 0 fully saturated rings. The summed E-state index contributed by atoms with van der Waals surface area (Å²) in [6.45, 7) is 4.01. The summed E-state index contributed by atoms with van der Waals surface area (Å²) >= 11 is 5.20. The Morgan fingerprint density at radius 2 is 2.10 bits per heavy atom. The molecule has 0 aliphatic rings. The molecular formula is C15H18N4OS. The van der Waals surface area contributed by atoms with Gasteiger partial charge < -0.3 is 15.0 Å². The summed E-state index contributed by atoms with van der Waals surface area (Å²) in [7, 11) is 1.62. The molecule has 5 nitrogen and oxygen atoms in total. The molecule has 1 aromatic heterocycles. The number of H-pyrrole nitrogens is 1. The average Bonchev–Trinajstić information content (AvgIpc) is 2.77. The molecule has 0 aliphatic heterocycles. The van der Waals surface area contributed by atoms with Gasteiger partial charge in [0.2, 0.25) is 0 Å². The first-order valence-corrected chi connectivity index (χ1v) is 6.90. The van der Waals surface area contributed by atoms with Gasteiger partial charge in [0.15, 0.2) is 5.11 Å². The molecule has 2 aromatic rings. The molecular weight excluding hydrogens is 284 g/mol. The van der Waals surface area contributed by atoms with Crippen LogP contribution in [0.3, 0.4) is 0 Å². The van der Waals surface area contributed by atoms with Crippen LogP contribution in [0.15, 0.2) is 35.4 Å². The lowest BCUT2D eigenvalue weighted by Crippen LogP contribution is -2.24. The molecule has 0 aliphatic carbocycles. The third-order valence-corrected chi connectivity index (χ3v) is 3.11. The summed E-state index contributed by atoms with van der Waals surface area (Å²) < 4.78 is 5.25. The van der Waals surface area contributed by atoms with Crippen molar-refractivity contribution in [1.82, 2.24) is 10.4 Å². The third-order valence-electron chi connectivity index (χ3n) is 2.91. The zero-order chi connectivity index (χ0) is 15.2. The van der Waals surface area contributed by atoms with Gasteiger partial charge in [-0.1, -0.05) is 12.1 Å². The van der Waals surface area contributed by atoms with E-state index < -0.39 is 0 Å². The Hall–Kier alpha value is -2.34. The van der Waals surface area contributed by atoms with E-state index >= 15 is 0 Å². The lowest BCUT2D eigenvalue weighted by atomic mass is 10.3. The van der Waals surface area contributed by atoms with Crippen molar-refractivity contribution in [2.45, 2.75) is 13.8 Å². The van der Waals surface area contributed by atoms with Crippen molar-refractivity contribution in [3.63, 3.8) is 0 Å². The highest BCUT2D eigenvalue weighted by molar-refractivity contribution is 7.80. The molecule has 0 saturated carbocycles. The number of ether oxygens (including phenoxy) is 1. The van der Waals surface area contributed by atoms with Crippen LogP contribution < -0.4 is 15.5 Å². The Kier molecular flexibility index (Phi) is 4.94. The van der Waals surface area contributed by atoms with E-state index in [4.69, 9.17) is 17.0 Å². The Labute approximate surface area is 129 Å². The lowest BCUT2D eigenvalue weighted by molar-refractivity contribution is 0.417. The molecule has 0 radical (unpaired) electrons. The van der Waals surface area contributed by atoms with E-state index in [1.807, 2.05) is 44.2 Å². The van der Waals surface area contributed by atoms with Gasteiger partial charge >= 0.3 is 0 Å². The quantitative estimate of drug-likeness (QED) is 0.462. The summed E-state index contributed by atoms with van der Waals surface area (Å²) in [5.74, 6) is 0.725. The summed E-state index contributed by atoms with van der Waals surface area (Å²) in [6, 6.07) is 9.58. The first kappa shape index (κ1) is 15.1. The van der Waals surface area contributed by atoms with Crippen LogP contribution in [0.1, 0.15) is 17.0 Å². The molecule has 110 valence electrons. The van der Waals surface area contributed by atoms with Crippen molar-refractivity contribution in [1.29, 1.82) is 0 Å². The van der Waals surface area contributed by atoms with E-state index in [0.717, 1.165) is 28.4 Å². The van der Waals surface area contributed by atoms with Gasteiger partial charge in [-0.15, -0.1) is 0 Å². The van der Waals surface area contributed by atoms with Crippen LogP contribution in [0.4, 0.5) is 5.69 Å². The Morgan fingerprint density at radius 1 is 1.33 bits per heavy atom. The highest BCUT2D eigenvalue weighted by Gasteiger charge is 2.03. The van der Waals surface area contributed by atoms with Crippen molar-refractivity contribution in [3.05, 3.63) is 47.3 Å². The van der Waals surface area contributed by atoms with Crippen molar-refractivity contribution in [2.24, 2.45) is 5.10 Å². The molecule has 0 bridgehead atoms. The minimum absolute atomic E-state index is 0.403. The number of hydrazone groups is 1. The molecule has 6 heteroatoms. The number of methoxy groups -OCH3 is 1. The van der Waals surface area contributed by atoms with Gasteiger partial charge in [0.25, 0.3) is 0 Å². The standard InChI is InChI=1S/C15H18N4OS/c1-10-8-12(11(2)17-10)9-16-19-15(21)18-13-6-4-5-7-14(13)20-3/h4-9,17H,1-3H3,(H2,18,19,21)/b16-9+. The van der Waals surface area contributed by atoms with Crippen LogP contribution in [0, 0.1) is 13.8 Å². The van der Waals surface area contributed by atoms with Crippen molar-refractivity contribution in [2.75, 3.05) is 12.4 Å². The van der Waals surface area contributed by atoms with Crippen molar-refractivity contribution < 1.29 is 4.74 Å². The number of para-hydroxylation sites is 2. The molecule has 21 heavy (non-hydrogen) atoms. The predicted octanol–water partition coefficient (Wildman–Crippen LogP) is 2.96. The largest absolute Gasteiger partial charge is 0.495 e. The maximum atomic E-state index is 5.25. The van der Waals surface area contributed by atoms with Crippen molar-refractivity contribution >= 4 is 29.2 Å². The number of benzene rings is 1. The first-order chi connectivity index (χ1) is 10.1. The predicted molar refractivity (Wildman–Crippen MR) is 90.2 cm³/mol. The van der Waals surface area contributed by atoms with Crippen LogP contribution in [-0.4, -0.2) is 23.4 Å². The van der Waals surface area contributed by atoms with Crippen LogP contribution >= 0.6 is 12.2 Å². The van der Waals surface area contributed by atoms with E-state index in [0.29, 0.717) is 5.11 Å². The monoisotopic (exact) mass is 302 g/mol. The number of aromatic nitrogens is 1. The highest BCUT2D eigenvalue weighted by atomic mass is 32.1. The normalized spacial score (nSPS) is 10.6. The second-order valence-electron chi connectivity index (χ2n) is 4.56. The minimum atomic E-state index is 0.403. The molecule has 0 saturated heterocycles. The number of rotatable bonds is 4. The van der Waals surface area contributed by atoms with Gasteiger partial charge in [0.05, 0.1) is 19.0 Å². The molecule has 0 atom stereocenters. The summed E-state index contributed by atoms with van der Waals surface area (Å²) in [6.07, 6.45) is 1.73. The number of nitrogens with zero attached hydrogens (tertiary/aromatic N) is 1. The van der Waals surface area contributed by atoms with E-state index in [1.165, 1.54) is 0 Å². The second-order valence-corrected chi connectivity index (χ2v) is 4.97. The van der Waals surface area contributed by atoms with Gasteiger partial charge in [-0.2, -0.15) is 5.10 Å². The minimum Gasteiger partial charge on any atom is -0.495 e. The highest BCUT2D eigenvalue weighted by Crippen LogP contribution is 2.22. The fourth-order valence-electron chi connectivity index (χ4n) is 1.94. The van der Waals surface area contributed by atoms with Crippen LogP contribution in [0.25, 0.3) is 0 Å². The van der Waals surface area contributed by atoms with Crippen LogP contribution in [0.5, 0.6) is 5.75 Å². The maximum absolute atomic E-state index is 5.25. The third kappa shape index (κ3) is 4.06. The van der Waals surface area contributed by atoms with Gasteiger partial charge in [-0.3, -0.25) is 5.43 Å². The van der Waals surface area contributed by atoms with E-state index in [2.05, 4.69) is 20.8 Å². The lowest BCUT2D eigenvalue weighted by Gasteiger charge is -2.10. The smallest absolute Gasteiger partial charge is 0.191 e. The molecule has 0 amide bonds.